The standard InChI is InChI=1S/C13H27NO3S/c1-13(2,3)18(16,17)10-9-14-11-7-5-4-6-8-12(11)15/h11-12,14-15H,4-10H2,1-3H3. The highest BCUT2D eigenvalue weighted by atomic mass is 32.2. The maximum absolute atomic E-state index is 11.9. The maximum atomic E-state index is 11.9. The van der Waals surface area contributed by atoms with Crippen LogP contribution in [0.15, 0.2) is 0 Å². The Labute approximate surface area is 111 Å². The van der Waals surface area contributed by atoms with Crippen LogP contribution < -0.4 is 5.32 Å². The second kappa shape index (κ2) is 6.35. The summed E-state index contributed by atoms with van der Waals surface area (Å²) in [6.07, 6.45) is 4.78. The minimum atomic E-state index is -3.07. The lowest BCUT2D eigenvalue weighted by atomic mass is 10.1. The van der Waals surface area contributed by atoms with Crippen molar-refractivity contribution in [1.29, 1.82) is 0 Å². The van der Waals surface area contributed by atoms with Crippen LogP contribution in [0.3, 0.4) is 0 Å². The van der Waals surface area contributed by atoms with Crippen LogP contribution in [0, 0.1) is 0 Å². The highest BCUT2D eigenvalue weighted by Gasteiger charge is 2.29. The van der Waals surface area contributed by atoms with Crippen molar-refractivity contribution in [2.45, 2.75) is 69.8 Å². The third kappa shape index (κ3) is 4.52. The molecule has 0 heterocycles. The Morgan fingerprint density at radius 3 is 2.39 bits per heavy atom. The van der Waals surface area contributed by atoms with Crippen molar-refractivity contribution >= 4 is 9.84 Å². The zero-order valence-corrected chi connectivity index (χ0v) is 12.6. The summed E-state index contributed by atoms with van der Waals surface area (Å²) >= 11 is 0. The molecule has 5 heteroatoms. The minimum absolute atomic E-state index is 0.0580. The van der Waals surface area contributed by atoms with Crippen molar-refractivity contribution in [2.75, 3.05) is 12.3 Å². The maximum Gasteiger partial charge on any atom is 0.156 e. The first-order valence-corrected chi connectivity index (χ1v) is 8.53. The van der Waals surface area contributed by atoms with Crippen molar-refractivity contribution < 1.29 is 13.5 Å². The molecule has 18 heavy (non-hydrogen) atoms. The first-order chi connectivity index (χ1) is 8.24. The quantitative estimate of drug-likeness (QED) is 0.764. The van der Waals surface area contributed by atoms with Gasteiger partial charge in [0.1, 0.15) is 0 Å². The van der Waals surface area contributed by atoms with Crippen LogP contribution in [0.1, 0.15) is 52.9 Å². The number of hydrogen-bond donors (Lipinski definition) is 2. The Morgan fingerprint density at radius 1 is 1.17 bits per heavy atom. The molecule has 1 fully saturated rings. The van der Waals surface area contributed by atoms with Gasteiger partial charge in [-0.05, 0) is 33.6 Å². The molecule has 2 atom stereocenters. The first-order valence-electron chi connectivity index (χ1n) is 6.88. The van der Waals surface area contributed by atoms with E-state index in [0.717, 1.165) is 32.1 Å². The summed E-state index contributed by atoms with van der Waals surface area (Å²) in [6.45, 7) is 5.61. The van der Waals surface area contributed by atoms with Gasteiger partial charge in [-0.25, -0.2) is 8.42 Å². The van der Waals surface area contributed by atoms with Crippen molar-refractivity contribution in [3.05, 3.63) is 0 Å². The van der Waals surface area contributed by atoms with Gasteiger partial charge in [-0.3, -0.25) is 0 Å². The first kappa shape index (κ1) is 15.9. The summed E-state index contributed by atoms with van der Waals surface area (Å²) in [7, 11) is -3.07. The molecular formula is C13H27NO3S. The fraction of sp³-hybridized carbons (Fsp3) is 1.00. The second-order valence-electron chi connectivity index (χ2n) is 6.20. The zero-order chi connectivity index (χ0) is 13.8. The van der Waals surface area contributed by atoms with E-state index in [1.807, 2.05) is 0 Å². The monoisotopic (exact) mass is 277 g/mol. The van der Waals surface area contributed by atoms with Crippen molar-refractivity contribution in [1.82, 2.24) is 5.32 Å². The molecular weight excluding hydrogens is 250 g/mol. The second-order valence-corrected chi connectivity index (χ2v) is 9.06. The van der Waals surface area contributed by atoms with Gasteiger partial charge < -0.3 is 10.4 Å². The third-order valence-electron chi connectivity index (χ3n) is 3.69. The molecule has 2 unspecified atom stereocenters. The summed E-state index contributed by atoms with van der Waals surface area (Å²) in [5, 5.41) is 13.1. The Kier molecular flexibility index (Phi) is 5.62. The van der Waals surface area contributed by atoms with Gasteiger partial charge in [0.05, 0.1) is 16.6 Å². The molecule has 0 bridgehead atoms. The molecule has 1 aliphatic carbocycles. The van der Waals surface area contributed by atoms with Gasteiger partial charge in [-0.1, -0.05) is 19.3 Å². The SMILES string of the molecule is CC(C)(C)S(=O)(=O)CCNC1CCCCCC1O. The van der Waals surface area contributed by atoms with Crippen LogP contribution >= 0.6 is 0 Å². The van der Waals surface area contributed by atoms with Crippen LogP contribution in [0.5, 0.6) is 0 Å². The topological polar surface area (TPSA) is 66.4 Å². The summed E-state index contributed by atoms with van der Waals surface area (Å²) in [5.74, 6) is 0.139. The Bertz CT molecular complexity index is 346. The van der Waals surface area contributed by atoms with E-state index in [0.29, 0.717) is 6.54 Å². The number of aliphatic hydroxyl groups excluding tert-OH is 1. The average Bonchev–Trinajstić information content (AvgIpc) is 2.42. The molecule has 0 saturated heterocycles. The van der Waals surface area contributed by atoms with Crippen LogP contribution in [-0.4, -0.2) is 42.7 Å². The van der Waals surface area contributed by atoms with Gasteiger partial charge in [-0.2, -0.15) is 0 Å². The summed E-state index contributed by atoms with van der Waals surface area (Å²) < 4.78 is 23.2. The molecule has 108 valence electrons. The zero-order valence-electron chi connectivity index (χ0n) is 11.8. The molecule has 0 spiro atoms. The molecule has 1 aliphatic rings. The number of nitrogens with one attached hydrogen (secondary N) is 1. The van der Waals surface area contributed by atoms with Crippen molar-refractivity contribution in [3.8, 4) is 0 Å². The number of aliphatic hydroxyl groups is 1. The lowest BCUT2D eigenvalue weighted by Gasteiger charge is -2.24. The number of hydrogen-bond acceptors (Lipinski definition) is 4. The summed E-state index contributed by atoms with van der Waals surface area (Å²) in [4.78, 5) is 0. The van der Waals surface area contributed by atoms with Crippen LogP contribution in [0.2, 0.25) is 0 Å². The van der Waals surface area contributed by atoms with Gasteiger partial charge in [0.25, 0.3) is 0 Å². The van der Waals surface area contributed by atoms with Crippen molar-refractivity contribution in [2.24, 2.45) is 0 Å². The third-order valence-corrected chi connectivity index (χ3v) is 6.30. The molecule has 0 aromatic heterocycles. The van der Waals surface area contributed by atoms with Crippen LogP contribution in [0.25, 0.3) is 0 Å². The van der Waals surface area contributed by atoms with Crippen LogP contribution in [0.4, 0.5) is 0 Å². The van der Waals surface area contributed by atoms with Gasteiger partial charge in [0.15, 0.2) is 9.84 Å². The fourth-order valence-corrected chi connectivity index (χ4v) is 3.21. The van der Waals surface area contributed by atoms with Gasteiger partial charge in [-0.15, -0.1) is 0 Å². The molecule has 0 aliphatic heterocycles. The average molecular weight is 277 g/mol. The van der Waals surface area contributed by atoms with E-state index >= 15 is 0 Å². The molecule has 0 aromatic rings. The Balaban J connectivity index is 2.41. The molecule has 0 radical (unpaired) electrons. The van der Waals surface area contributed by atoms with E-state index in [9.17, 15) is 13.5 Å². The van der Waals surface area contributed by atoms with E-state index in [1.54, 1.807) is 20.8 Å². The van der Waals surface area contributed by atoms with E-state index in [1.165, 1.54) is 0 Å². The molecule has 1 rings (SSSR count). The van der Waals surface area contributed by atoms with Gasteiger partial charge in [0.2, 0.25) is 0 Å². The lowest BCUT2D eigenvalue weighted by Crippen LogP contribution is -2.43. The normalized spacial score (nSPS) is 26.9. The molecule has 0 amide bonds. The molecule has 2 N–H and O–H groups in total. The molecule has 4 nitrogen and oxygen atoms in total. The number of rotatable bonds is 4. The van der Waals surface area contributed by atoms with E-state index in [2.05, 4.69) is 5.32 Å². The lowest BCUT2D eigenvalue weighted by molar-refractivity contribution is 0.121. The van der Waals surface area contributed by atoms with Gasteiger partial charge in [0, 0.05) is 12.6 Å². The van der Waals surface area contributed by atoms with Gasteiger partial charge >= 0.3 is 0 Å². The summed E-state index contributed by atoms with van der Waals surface area (Å²) in [5.41, 5.74) is 0. The number of sulfone groups is 1. The highest BCUT2D eigenvalue weighted by molar-refractivity contribution is 7.92. The van der Waals surface area contributed by atoms with Crippen LogP contribution in [-0.2, 0) is 9.84 Å². The smallest absolute Gasteiger partial charge is 0.156 e. The Hall–Kier alpha value is -0.130. The molecule has 1 saturated carbocycles. The fourth-order valence-electron chi connectivity index (χ4n) is 2.21. The van der Waals surface area contributed by atoms with Crippen molar-refractivity contribution in [3.63, 3.8) is 0 Å². The Morgan fingerprint density at radius 2 is 1.78 bits per heavy atom. The van der Waals surface area contributed by atoms with E-state index < -0.39 is 14.6 Å². The highest BCUT2D eigenvalue weighted by Crippen LogP contribution is 2.19. The molecule has 0 aromatic carbocycles. The van der Waals surface area contributed by atoms with E-state index in [-0.39, 0.29) is 17.9 Å². The minimum Gasteiger partial charge on any atom is -0.392 e. The van der Waals surface area contributed by atoms with E-state index in [4.69, 9.17) is 0 Å². The largest absolute Gasteiger partial charge is 0.392 e. The summed E-state index contributed by atoms with van der Waals surface area (Å²) in [6, 6.07) is 0.0580. The predicted octanol–water partition coefficient (Wildman–Crippen LogP) is 1.48. The predicted molar refractivity (Wildman–Crippen MR) is 74.4 cm³/mol.